The van der Waals surface area contributed by atoms with E-state index < -0.39 is 11.9 Å². The molecular formula is C34H35ClO8. The van der Waals surface area contributed by atoms with Crippen molar-refractivity contribution in [2.45, 2.75) is 39.5 Å². The normalized spacial score (nSPS) is 10.7. The minimum absolute atomic E-state index is 0.00300. The van der Waals surface area contributed by atoms with Crippen LogP contribution in [0.1, 0.15) is 37.8 Å². The average molecular weight is 607 g/mol. The first-order valence-corrected chi connectivity index (χ1v) is 14.5. The van der Waals surface area contributed by atoms with Crippen LogP contribution in [0.2, 0.25) is 5.02 Å². The molecule has 43 heavy (non-hydrogen) atoms. The summed E-state index contributed by atoms with van der Waals surface area (Å²) in [6.07, 6.45) is 1.36. The van der Waals surface area contributed by atoms with Gasteiger partial charge in [-0.1, -0.05) is 49.7 Å². The lowest BCUT2D eigenvalue weighted by Crippen LogP contribution is -2.16. The Balaban J connectivity index is 1.77. The number of hydrogen-bond donors (Lipinski definition) is 0. The van der Waals surface area contributed by atoms with Crippen LogP contribution >= 0.6 is 11.6 Å². The van der Waals surface area contributed by atoms with Gasteiger partial charge in [0.25, 0.3) is 0 Å². The number of rotatable bonds is 14. The lowest BCUT2D eigenvalue weighted by Gasteiger charge is -2.22. The van der Waals surface area contributed by atoms with E-state index in [-0.39, 0.29) is 35.8 Å². The maximum Gasteiger partial charge on any atom is 0.315 e. The molecule has 0 heterocycles. The maximum atomic E-state index is 13.3. The molecule has 226 valence electrons. The molecule has 0 aliphatic rings. The fraction of sp³-hybridized carbons (Fsp3) is 0.294. The molecule has 4 rings (SSSR count). The van der Waals surface area contributed by atoms with Gasteiger partial charge in [-0.15, -0.1) is 0 Å². The first kappa shape index (κ1) is 31.5. The molecule has 0 aromatic heterocycles. The van der Waals surface area contributed by atoms with Gasteiger partial charge in [-0.2, -0.15) is 0 Å². The number of hydrogen-bond acceptors (Lipinski definition) is 8. The quantitative estimate of drug-likeness (QED) is 0.108. The van der Waals surface area contributed by atoms with Gasteiger partial charge >= 0.3 is 11.9 Å². The summed E-state index contributed by atoms with van der Waals surface area (Å²) in [6, 6.07) is 19.3. The zero-order valence-corrected chi connectivity index (χ0v) is 25.5. The zero-order valence-electron chi connectivity index (χ0n) is 24.7. The molecule has 0 radical (unpaired) electrons. The maximum absolute atomic E-state index is 13.3. The first-order valence-electron chi connectivity index (χ1n) is 14.1. The van der Waals surface area contributed by atoms with Gasteiger partial charge in [-0.05, 0) is 66.4 Å². The molecule has 0 spiro atoms. The highest BCUT2D eigenvalue weighted by atomic mass is 35.5. The molecule has 0 fully saturated rings. The Morgan fingerprint density at radius 2 is 1.05 bits per heavy atom. The van der Waals surface area contributed by atoms with Crippen LogP contribution in [0.25, 0.3) is 10.8 Å². The molecule has 8 nitrogen and oxygen atoms in total. The van der Waals surface area contributed by atoms with Crippen molar-refractivity contribution in [1.82, 2.24) is 0 Å². The number of carbonyl (C=O) groups is 2. The molecule has 0 aliphatic carbocycles. The van der Waals surface area contributed by atoms with Crippen molar-refractivity contribution in [3.8, 4) is 34.5 Å². The van der Waals surface area contributed by atoms with E-state index in [4.69, 9.17) is 40.0 Å². The Morgan fingerprint density at radius 1 is 0.605 bits per heavy atom. The molecule has 0 atom stereocenters. The van der Waals surface area contributed by atoms with Crippen molar-refractivity contribution in [2.75, 3.05) is 27.4 Å². The predicted octanol–water partition coefficient (Wildman–Crippen LogP) is 7.38. The summed E-state index contributed by atoms with van der Waals surface area (Å²) in [5.41, 5.74) is 1.50. The Kier molecular flexibility index (Phi) is 11.1. The van der Waals surface area contributed by atoms with Gasteiger partial charge in [0, 0.05) is 15.8 Å². The minimum Gasteiger partial charge on any atom is -0.497 e. The molecular weight excluding hydrogens is 572 g/mol. The van der Waals surface area contributed by atoms with Gasteiger partial charge < -0.3 is 28.4 Å². The van der Waals surface area contributed by atoms with E-state index in [9.17, 15) is 9.59 Å². The van der Waals surface area contributed by atoms with E-state index in [0.29, 0.717) is 53.3 Å². The SMILES string of the molecule is CCCOc1c(OCCC)c(OC(=O)Cc2ccc(OC)cc2)c2cc(Cl)ccc2c1OC(=O)Cc1ccc(OC)cc1. The molecule has 0 aliphatic heterocycles. The third kappa shape index (κ3) is 8.11. The summed E-state index contributed by atoms with van der Waals surface area (Å²) < 4.78 is 34.7. The average Bonchev–Trinajstić information content (AvgIpc) is 3.01. The number of halogens is 1. The number of esters is 2. The van der Waals surface area contributed by atoms with Crippen molar-refractivity contribution in [2.24, 2.45) is 0 Å². The van der Waals surface area contributed by atoms with Gasteiger partial charge in [0.15, 0.2) is 11.5 Å². The fourth-order valence-electron chi connectivity index (χ4n) is 4.35. The monoisotopic (exact) mass is 606 g/mol. The summed E-state index contributed by atoms with van der Waals surface area (Å²) >= 11 is 6.41. The number of carbonyl (C=O) groups excluding carboxylic acids is 2. The standard InChI is InChI=1S/C34H35ClO8/c1-5-17-40-33-31(42-29(36)19-22-7-12-25(38-3)13-8-22)27-16-11-24(35)21-28(27)32(34(33)41-18-6-2)43-30(37)20-23-9-14-26(39-4)15-10-23/h7-16,21H,5-6,17-20H2,1-4H3. The summed E-state index contributed by atoms with van der Waals surface area (Å²) in [4.78, 5) is 26.5. The third-order valence-corrected chi connectivity index (χ3v) is 6.67. The van der Waals surface area contributed by atoms with E-state index in [2.05, 4.69) is 0 Å². The highest BCUT2D eigenvalue weighted by Gasteiger charge is 2.28. The van der Waals surface area contributed by atoms with E-state index in [1.165, 1.54) is 0 Å². The summed E-state index contributed by atoms with van der Waals surface area (Å²) in [6.45, 7) is 4.52. The van der Waals surface area contributed by atoms with Crippen molar-refractivity contribution in [3.05, 3.63) is 82.9 Å². The second kappa shape index (κ2) is 15.2. The van der Waals surface area contributed by atoms with Gasteiger partial charge in [0.05, 0.1) is 40.3 Å². The second-order valence-electron chi connectivity index (χ2n) is 9.70. The summed E-state index contributed by atoms with van der Waals surface area (Å²) in [7, 11) is 3.16. The zero-order chi connectivity index (χ0) is 30.8. The number of fused-ring (bicyclic) bond motifs is 1. The van der Waals surface area contributed by atoms with Crippen molar-refractivity contribution in [1.29, 1.82) is 0 Å². The van der Waals surface area contributed by atoms with Crippen LogP contribution in [-0.2, 0) is 22.4 Å². The Hall–Kier alpha value is -4.43. The highest BCUT2D eigenvalue weighted by molar-refractivity contribution is 6.31. The smallest absolute Gasteiger partial charge is 0.315 e. The first-order chi connectivity index (χ1) is 20.9. The Morgan fingerprint density at radius 3 is 1.47 bits per heavy atom. The summed E-state index contributed by atoms with van der Waals surface area (Å²) in [5.74, 6) is 1.01. The molecule has 0 unspecified atom stereocenters. The van der Waals surface area contributed by atoms with Crippen LogP contribution in [0.4, 0.5) is 0 Å². The van der Waals surface area contributed by atoms with Gasteiger partial charge in [0.2, 0.25) is 11.5 Å². The minimum atomic E-state index is -0.515. The molecule has 0 bridgehead atoms. The van der Waals surface area contributed by atoms with Crippen LogP contribution in [0.15, 0.2) is 66.7 Å². The lowest BCUT2D eigenvalue weighted by molar-refractivity contribution is -0.134. The molecule has 9 heteroatoms. The molecule has 0 saturated heterocycles. The van der Waals surface area contributed by atoms with Crippen LogP contribution in [0.5, 0.6) is 34.5 Å². The number of ether oxygens (including phenoxy) is 6. The number of methoxy groups -OCH3 is 2. The van der Waals surface area contributed by atoms with E-state index in [1.54, 1.807) is 80.9 Å². The van der Waals surface area contributed by atoms with E-state index in [1.807, 2.05) is 13.8 Å². The predicted molar refractivity (Wildman–Crippen MR) is 165 cm³/mol. The largest absolute Gasteiger partial charge is 0.497 e. The summed E-state index contributed by atoms with van der Waals surface area (Å²) in [5, 5.41) is 1.33. The van der Waals surface area contributed by atoms with Gasteiger partial charge in [-0.25, -0.2) is 0 Å². The lowest BCUT2D eigenvalue weighted by atomic mass is 10.1. The second-order valence-corrected chi connectivity index (χ2v) is 10.1. The van der Waals surface area contributed by atoms with Crippen molar-refractivity contribution in [3.63, 3.8) is 0 Å². The molecule has 0 N–H and O–H groups in total. The Labute approximate surface area is 256 Å². The van der Waals surface area contributed by atoms with Crippen LogP contribution in [-0.4, -0.2) is 39.4 Å². The molecule has 4 aromatic carbocycles. The van der Waals surface area contributed by atoms with Crippen LogP contribution in [0, 0.1) is 0 Å². The highest BCUT2D eigenvalue weighted by Crippen LogP contribution is 2.52. The van der Waals surface area contributed by atoms with Crippen LogP contribution in [0.3, 0.4) is 0 Å². The third-order valence-electron chi connectivity index (χ3n) is 6.44. The van der Waals surface area contributed by atoms with E-state index in [0.717, 1.165) is 11.1 Å². The number of benzene rings is 4. The van der Waals surface area contributed by atoms with Crippen molar-refractivity contribution >= 4 is 34.3 Å². The fourth-order valence-corrected chi connectivity index (χ4v) is 4.52. The molecule has 4 aromatic rings. The van der Waals surface area contributed by atoms with Crippen molar-refractivity contribution < 1.29 is 38.0 Å². The molecule has 0 amide bonds. The van der Waals surface area contributed by atoms with E-state index >= 15 is 0 Å². The molecule has 0 saturated carbocycles. The van der Waals surface area contributed by atoms with Gasteiger partial charge in [-0.3, -0.25) is 9.59 Å². The van der Waals surface area contributed by atoms with Crippen LogP contribution < -0.4 is 28.4 Å². The van der Waals surface area contributed by atoms with Gasteiger partial charge in [0.1, 0.15) is 11.5 Å². The Bertz CT molecular complexity index is 1550. The topological polar surface area (TPSA) is 89.5 Å².